The minimum absolute atomic E-state index is 0.00320. The molecule has 25 heavy (non-hydrogen) atoms. The van der Waals surface area contributed by atoms with E-state index < -0.39 is 12.1 Å². The van der Waals surface area contributed by atoms with Crippen molar-refractivity contribution in [2.45, 2.75) is 32.0 Å². The molecule has 0 atom stereocenters. The Morgan fingerprint density at radius 2 is 1.88 bits per heavy atom. The van der Waals surface area contributed by atoms with Crippen LogP contribution in [0.4, 0.5) is 13.2 Å². The van der Waals surface area contributed by atoms with Crippen molar-refractivity contribution in [3.63, 3.8) is 0 Å². The fraction of sp³-hybridized carbons (Fsp3) is 0.438. The number of aromatic nitrogens is 2. The van der Waals surface area contributed by atoms with Crippen LogP contribution < -0.4 is 4.74 Å². The molecule has 1 aliphatic heterocycles. The highest BCUT2D eigenvalue weighted by Gasteiger charge is 2.38. The van der Waals surface area contributed by atoms with Crippen LogP contribution in [-0.4, -0.2) is 40.1 Å². The number of rotatable bonds is 3. The lowest BCUT2D eigenvalue weighted by Gasteiger charge is -2.31. The SMILES string of the molecule is CC(=O)N1CCC(Oc2ccc(-c3noc(C(F)(F)F)n3)cc2)CC1. The van der Waals surface area contributed by atoms with E-state index in [1.54, 1.807) is 36.1 Å². The Balaban J connectivity index is 1.61. The number of hydrogen-bond acceptors (Lipinski definition) is 5. The van der Waals surface area contributed by atoms with E-state index in [1.165, 1.54) is 0 Å². The Morgan fingerprint density at radius 3 is 2.40 bits per heavy atom. The zero-order valence-electron chi connectivity index (χ0n) is 13.4. The zero-order valence-corrected chi connectivity index (χ0v) is 13.4. The van der Waals surface area contributed by atoms with Crippen LogP contribution >= 0.6 is 0 Å². The molecular weight excluding hydrogens is 339 g/mol. The van der Waals surface area contributed by atoms with Gasteiger partial charge in [-0.05, 0) is 24.3 Å². The lowest BCUT2D eigenvalue weighted by Crippen LogP contribution is -2.40. The topological polar surface area (TPSA) is 68.5 Å². The van der Waals surface area contributed by atoms with Crippen LogP contribution in [0.25, 0.3) is 11.4 Å². The minimum atomic E-state index is -4.66. The average molecular weight is 355 g/mol. The van der Waals surface area contributed by atoms with Gasteiger partial charge in [0.15, 0.2) is 0 Å². The van der Waals surface area contributed by atoms with Crippen LogP contribution in [0.2, 0.25) is 0 Å². The Hall–Kier alpha value is -2.58. The molecule has 0 saturated carbocycles. The van der Waals surface area contributed by atoms with Gasteiger partial charge in [0.2, 0.25) is 11.7 Å². The molecular formula is C16H16F3N3O3. The summed E-state index contributed by atoms with van der Waals surface area (Å²) in [6.07, 6.45) is -3.19. The molecule has 1 aromatic heterocycles. The second-order valence-corrected chi connectivity index (χ2v) is 5.77. The van der Waals surface area contributed by atoms with Gasteiger partial charge in [-0.3, -0.25) is 4.79 Å². The van der Waals surface area contributed by atoms with Crippen LogP contribution in [0, 0.1) is 0 Å². The first kappa shape index (κ1) is 17.2. The van der Waals surface area contributed by atoms with Crippen molar-refractivity contribution in [2.24, 2.45) is 0 Å². The second kappa shape index (κ2) is 6.73. The Kier molecular flexibility index (Phi) is 4.65. The smallest absolute Gasteiger partial charge is 0.471 e. The lowest BCUT2D eigenvalue weighted by atomic mass is 10.1. The largest absolute Gasteiger partial charge is 0.490 e. The van der Waals surface area contributed by atoms with Crippen molar-refractivity contribution in [3.8, 4) is 17.1 Å². The molecule has 6 nitrogen and oxygen atoms in total. The summed E-state index contributed by atoms with van der Waals surface area (Å²) in [5.74, 6) is -0.848. The van der Waals surface area contributed by atoms with E-state index in [0.717, 1.165) is 12.8 Å². The summed E-state index contributed by atoms with van der Waals surface area (Å²) in [6.45, 7) is 2.85. The zero-order chi connectivity index (χ0) is 18.0. The van der Waals surface area contributed by atoms with Gasteiger partial charge in [0, 0.05) is 38.4 Å². The van der Waals surface area contributed by atoms with Gasteiger partial charge in [0.25, 0.3) is 0 Å². The molecule has 0 bridgehead atoms. The summed E-state index contributed by atoms with van der Waals surface area (Å²) in [5, 5.41) is 3.34. The van der Waals surface area contributed by atoms with Gasteiger partial charge in [0.05, 0.1) is 0 Å². The summed E-state index contributed by atoms with van der Waals surface area (Å²) in [7, 11) is 0. The van der Waals surface area contributed by atoms with Crippen molar-refractivity contribution < 1.29 is 27.2 Å². The van der Waals surface area contributed by atoms with Crippen molar-refractivity contribution in [1.29, 1.82) is 0 Å². The molecule has 134 valence electrons. The summed E-state index contributed by atoms with van der Waals surface area (Å²) in [5.41, 5.74) is 0.401. The van der Waals surface area contributed by atoms with Gasteiger partial charge in [-0.2, -0.15) is 18.2 Å². The van der Waals surface area contributed by atoms with E-state index in [9.17, 15) is 18.0 Å². The van der Waals surface area contributed by atoms with E-state index in [4.69, 9.17) is 4.74 Å². The van der Waals surface area contributed by atoms with Crippen LogP contribution in [0.15, 0.2) is 28.8 Å². The fourth-order valence-corrected chi connectivity index (χ4v) is 2.62. The molecule has 1 amide bonds. The van der Waals surface area contributed by atoms with Crippen molar-refractivity contribution in [2.75, 3.05) is 13.1 Å². The minimum Gasteiger partial charge on any atom is -0.490 e. The number of halogens is 3. The van der Waals surface area contributed by atoms with Crippen LogP contribution in [0.5, 0.6) is 5.75 Å². The molecule has 0 spiro atoms. The predicted octanol–water partition coefficient (Wildman–Crippen LogP) is 3.15. The number of carbonyl (C=O) groups is 1. The molecule has 2 aromatic rings. The first-order valence-corrected chi connectivity index (χ1v) is 7.76. The van der Waals surface area contributed by atoms with E-state index in [1.807, 2.05) is 0 Å². The maximum atomic E-state index is 12.5. The molecule has 0 aliphatic carbocycles. The van der Waals surface area contributed by atoms with E-state index in [-0.39, 0.29) is 17.8 Å². The fourth-order valence-electron chi connectivity index (χ4n) is 2.62. The summed E-state index contributed by atoms with van der Waals surface area (Å²) in [4.78, 5) is 16.4. The van der Waals surface area contributed by atoms with Gasteiger partial charge in [0.1, 0.15) is 11.9 Å². The molecule has 1 aliphatic rings. The van der Waals surface area contributed by atoms with Crippen LogP contribution in [0.1, 0.15) is 25.7 Å². The number of carbonyl (C=O) groups excluding carboxylic acids is 1. The standard InChI is InChI=1S/C16H16F3N3O3/c1-10(23)22-8-6-13(7-9-22)24-12-4-2-11(3-5-12)14-20-15(25-21-14)16(17,18)19/h2-5,13H,6-9H2,1H3. The van der Waals surface area contributed by atoms with E-state index in [0.29, 0.717) is 24.4 Å². The Morgan fingerprint density at radius 1 is 1.24 bits per heavy atom. The predicted molar refractivity (Wildman–Crippen MR) is 80.6 cm³/mol. The first-order valence-electron chi connectivity index (χ1n) is 7.76. The monoisotopic (exact) mass is 355 g/mol. The van der Waals surface area contributed by atoms with Crippen molar-refractivity contribution >= 4 is 5.91 Å². The third kappa shape index (κ3) is 4.09. The molecule has 0 unspecified atom stereocenters. The number of ether oxygens (including phenoxy) is 1. The number of piperidine rings is 1. The number of nitrogens with zero attached hydrogens (tertiary/aromatic N) is 3. The van der Waals surface area contributed by atoms with E-state index in [2.05, 4.69) is 14.7 Å². The quantitative estimate of drug-likeness (QED) is 0.846. The summed E-state index contributed by atoms with van der Waals surface area (Å²) >= 11 is 0. The molecule has 2 heterocycles. The molecule has 0 radical (unpaired) electrons. The first-order chi connectivity index (χ1) is 11.8. The van der Waals surface area contributed by atoms with Gasteiger partial charge in [-0.25, -0.2) is 0 Å². The highest BCUT2D eigenvalue weighted by Crippen LogP contribution is 2.30. The van der Waals surface area contributed by atoms with Gasteiger partial charge >= 0.3 is 12.1 Å². The number of likely N-dealkylation sites (tertiary alicyclic amines) is 1. The number of hydrogen-bond donors (Lipinski definition) is 0. The molecule has 9 heteroatoms. The third-order valence-corrected chi connectivity index (χ3v) is 3.97. The number of alkyl halides is 3. The van der Waals surface area contributed by atoms with Crippen LogP contribution in [0.3, 0.4) is 0 Å². The Labute approximate surface area is 141 Å². The summed E-state index contributed by atoms with van der Waals surface area (Å²) < 4.78 is 47.5. The lowest BCUT2D eigenvalue weighted by molar-refractivity contribution is -0.159. The Bertz CT molecular complexity index is 735. The number of benzene rings is 1. The average Bonchev–Trinajstić information content (AvgIpc) is 3.06. The van der Waals surface area contributed by atoms with Gasteiger partial charge in [-0.15, -0.1) is 0 Å². The maximum absolute atomic E-state index is 12.5. The summed E-state index contributed by atoms with van der Waals surface area (Å²) in [6, 6.07) is 6.45. The molecule has 1 fully saturated rings. The maximum Gasteiger partial charge on any atom is 0.471 e. The highest BCUT2D eigenvalue weighted by molar-refractivity contribution is 5.73. The van der Waals surface area contributed by atoms with Gasteiger partial charge in [-0.1, -0.05) is 5.16 Å². The molecule has 3 rings (SSSR count). The van der Waals surface area contributed by atoms with Crippen molar-refractivity contribution in [3.05, 3.63) is 30.2 Å². The van der Waals surface area contributed by atoms with Gasteiger partial charge < -0.3 is 14.2 Å². The van der Waals surface area contributed by atoms with E-state index >= 15 is 0 Å². The molecule has 0 N–H and O–H groups in total. The highest BCUT2D eigenvalue weighted by atomic mass is 19.4. The third-order valence-electron chi connectivity index (χ3n) is 3.97. The van der Waals surface area contributed by atoms with Crippen LogP contribution in [-0.2, 0) is 11.0 Å². The number of amides is 1. The second-order valence-electron chi connectivity index (χ2n) is 5.77. The molecule has 1 saturated heterocycles. The molecule has 1 aromatic carbocycles. The van der Waals surface area contributed by atoms with Crippen molar-refractivity contribution in [1.82, 2.24) is 15.0 Å². The normalized spacial score (nSPS) is 16.1.